The normalized spacial score (nSPS) is 11.9. The molecule has 6 heteroatoms. The zero-order valence-corrected chi connectivity index (χ0v) is 10.5. The van der Waals surface area contributed by atoms with Crippen molar-refractivity contribution in [3.8, 4) is 0 Å². The number of benzene rings is 2. The maximum absolute atomic E-state index is 12.7. The highest BCUT2D eigenvalue weighted by Crippen LogP contribution is 2.13. The number of hydrogen-bond donors (Lipinski definition) is 2. The van der Waals surface area contributed by atoms with Crippen molar-refractivity contribution in [3.63, 3.8) is 0 Å². The van der Waals surface area contributed by atoms with Crippen LogP contribution >= 0.6 is 0 Å². The molecule has 1 amide bonds. The van der Waals surface area contributed by atoms with Gasteiger partial charge in [-0.2, -0.15) is 0 Å². The molecule has 2 N–H and O–H groups in total. The van der Waals surface area contributed by atoms with Crippen LogP contribution in [0.4, 0.5) is 10.1 Å². The molecule has 0 heterocycles. The van der Waals surface area contributed by atoms with Gasteiger partial charge in [-0.25, -0.2) is 8.60 Å². The maximum Gasteiger partial charge on any atom is 0.255 e. The van der Waals surface area contributed by atoms with Crippen LogP contribution in [-0.4, -0.2) is 14.7 Å². The minimum atomic E-state index is -2.13. The number of halogens is 1. The second kappa shape index (κ2) is 5.73. The molecule has 19 heavy (non-hydrogen) atoms. The molecule has 2 rings (SSSR count). The highest BCUT2D eigenvalue weighted by molar-refractivity contribution is 7.79. The van der Waals surface area contributed by atoms with Crippen LogP contribution in [0.15, 0.2) is 53.4 Å². The maximum atomic E-state index is 12.7. The lowest BCUT2D eigenvalue weighted by Gasteiger charge is -2.05. The lowest BCUT2D eigenvalue weighted by atomic mass is 10.2. The minimum absolute atomic E-state index is 0.145. The molecular formula is C13H10FNO3S. The summed E-state index contributed by atoms with van der Waals surface area (Å²) in [6.45, 7) is 0. The van der Waals surface area contributed by atoms with Gasteiger partial charge < -0.3 is 9.87 Å². The summed E-state index contributed by atoms with van der Waals surface area (Å²) in [5, 5.41) is 2.57. The van der Waals surface area contributed by atoms with E-state index in [2.05, 4.69) is 5.32 Å². The van der Waals surface area contributed by atoms with Gasteiger partial charge in [-0.15, -0.1) is 0 Å². The Bertz CT molecular complexity index is 628. The van der Waals surface area contributed by atoms with Gasteiger partial charge in [-0.05, 0) is 42.5 Å². The number of hydrogen-bond acceptors (Lipinski definition) is 2. The molecule has 2 aromatic carbocycles. The van der Waals surface area contributed by atoms with Crippen LogP contribution in [0.2, 0.25) is 0 Å². The van der Waals surface area contributed by atoms with Gasteiger partial charge in [0.1, 0.15) is 5.82 Å². The van der Waals surface area contributed by atoms with E-state index in [-0.39, 0.29) is 10.5 Å². The molecule has 0 bridgehead atoms. The molecule has 0 spiro atoms. The first-order valence-corrected chi connectivity index (χ1v) is 6.45. The van der Waals surface area contributed by atoms with Crippen LogP contribution in [0, 0.1) is 5.82 Å². The Balaban J connectivity index is 2.18. The van der Waals surface area contributed by atoms with E-state index in [0.717, 1.165) is 0 Å². The van der Waals surface area contributed by atoms with E-state index < -0.39 is 22.8 Å². The van der Waals surface area contributed by atoms with Gasteiger partial charge >= 0.3 is 0 Å². The number of anilines is 1. The van der Waals surface area contributed by atoms with Crippen LogP contribution in [0.5, 0.6) is 0 Å². The summed E-state index contributed by atoms with van der Waals surface area (Å²) in [5.74, 6) is -0.824. The van der Waals surface area contributed by atoms with Crippen molar-refractivity contribution in [1.29, 1.82) is 0 Å². The monoisotopic (exact) mass is 279 g/mol. The van der Waals surface area contributed by atoms with Crippen molar-refractivity contribution in [2.24, 2.45) is 0 Å². The number of amides is 1. The third-order valence-electron chi connectivity index (χ3n) is 2.40. The number of carbonyl (C=O) groups excluding carboxylic acids is 1. The van der Waals surface area contributed by atoms with Crippen molar-refractivity contribution in [1.82, 2.24) is 0 Å². The van der Waals surface area contributed by atoms with Crippen LogP contribution in [-0.2, 0) is 11.1 Å². The Kier molecular flexibility index (Phi) is 4.03. The number of carbonyl (C=O) groups is 1. The molecule has 1 atom stereocenters. The lowest BCUT2D eigenvalue weighted by Crippen LogP contribution is -2.12. The Morgan fingerprint density at radius 1 is 1.16 bits per heavy atom. The zero-order valence-electron chi connectivity index (χ0n) is 9.67. The largest absolute Gasteiger partial charge is 0.322 e. The van der Waals surface area contributed by atoms with Crippen molar-refractivity contribution in [2.75, 3.05) is 5.32 Å². The molecule has 0 radical (unpaired) electrons. The molecule has 2 aromatic rings. The summed E-state index contributed by atoms with van der Waals surface area (Å²) >= 11 is -2.13. The zero-order chi connectivity index (χ0) is 13.8. The number of nitrogens with one attached hydrogen (secondary N) is 1. The summed E-state index contributed by atoms with van der Waals surface area (Å²) in [5.41, 5.74) is 0.700. The predicted molar refractivity (Wildman–Crippen MR) is 69.8 cm³/mol. The minimum Gasteiger partial charge on any atom is -0.322 e. The summed E-state index contributed by atoms with van der Waals surface area (Å²) in [6.07, 6.45) is 0. The van der Waals surface area contributed by atoms with Crippen LogP contribution in [0.3, 0.4) is 0 Å². The molecule has 1 unspecified atom stereocenters. The second-order valence-corrected chi connectivity index (χ2v) is 4.71. The molecular weight excluding hydrogens is 269 g/mol. The standard InChI is InChI=1S/C13H10FNO3S/c14-10-4-6-11(7-5-10)15-13(16)9-2-1-3-12(8-9)19(17)18/h1-8H,(H,15,16)(H,17,18). The van der Waals surface area contributed by atoms with E-state index in [9.17, 15) is 13.4 Å². The summed E-state index contributed by atoms with van der Waals surface area (Å²) in [6, 6.07) is 11.1. The average molecular weight is 279 g/mol. The summed E-state index contributed by atoms with van der Waals surface area (Å²) < 4.78 is 32.6. The van der Waals surface area contributed by atoms with Gasteiger partial charge in [0.05, 0.1) is 4.90 Å². The van der Waals surface area contributed by atoms with Gasteiger partial charge in [-0.3, -0.25) is 4.79 Å². The Hall–Kier alpha value is -2.05. The van der Waals surface area contributed by atoms with Crippen LogP contribution < -0.4 is 5.32 Å². The van der Waals surface area contributed by atoms with Gasteiger partial charge in [0.2, 0.25) is 0 Å². The van der Waals surface area contributed by atoms with E-state index in [1.165, 1.54) is 48.5 Å². The highest BCUT2D eigenvalue weighted by Gasteiger charge is 2.08. The fraction of sp³-hybridized carbons (Fsp3) is 0. The number of rotatable bonds is 3. The van der Waals surface area contributed by atoms with Gasteiger partial charge in [0, 0.05) is 11.3 Å². The second-order valence-electron chi connectivity index (χ2n) is 3.74. The quantitative estimate of drug-likeness (QED) is 0.849. The van der Waals surface area contributed by atoms with E-state index >= 15 is 0 Å². The molecule has 0 aliphatic carbocycles. The van der Waals surface area contributed by atoms with E-state index in [4.69, 9.17) is 4.55 Å². The van der Waals surface area contributed by atoms with Gasteiger partial charge in [-0.1, -0.05) is 6.07 Å². The van der Waals surface area contributed by atoms with Crippen LogP contribution in [0.1, 0.15) is 10.4 Å². The highest BCUT2D eigenvalue weighted by atomic mass is 32.2. The van der Waals surface area contributed by atoms with E-state index in [1.54, 1.807) is 0 Å². The molecule has 98 valence electrons. The first kappa shape index (κ1) is 13.4. The molecule has 4 nitrogen and oxygen atoms in total. The first-order valence-electron chi connectivity index (χ1n) is 5.34. The molecule has 0 saturated heterocycles. The third-order valence-corrected chi connectivity index (χ3v) is 3.06. The van der Waals surface area contributed by atoms with E-state index in [0.29, 0.717) is 5.69 Å². The van der Waals surface area contributed by atoms with Crippen LogP contribution in [0.25, 0.3) is 0 Å². The fourth-order valence-electron chi connectivity index (χ4n) is 1.48. The Morgan fingerprint density at radius 2 is 1.84 bits per heavy atom. The van der Waals surface area contributed by atoms with Gasteiger partial charge in [0.25, 0.3) is 5.91 Å². The lowest BCUT2D eigenvalue weighted by molar-refractivity contribution is 0.102. The first-order chi connectivity index (χ1) is 9.06. The van der Waals surface area contributed by atoms with Crippen molar-refractivity contribution >= 4 is 22.7 Å². The summed E-state index contributed by atoms with van der Waals surface area (Å²) in [7, 11) is 0. The summed E-state index contributed by atoms with van der Waals surface area (Å²) in [4.78, 5) is 12.0. The Labute approximate surface area is 111 Å². The van der Waals surface area contributed by atoms with E-state index in [1.807, 2.05) is 0 Å². The van der Waals surface area contributed by atoms with Crippen molar-refractivity contribution in [3.05, 3.63) is 59.9 Å². The molecule has 0 fully saturated rings. The third kappa shape index (κ3) is 3.46. The Morgan fingerprint density at radius 3 is 2.47 bits per heavy atom. The predicted octanol–water partition coefficient (Wildman–Crippen LogP) is 2.66. The molecule has 0 aliphatic rings. The fourth-order valence-corrected chi connectivity index (χ4v) is 1.91. The SMILES string of the molecule is O=C(Nc1ccc(F)cc1)c1cccc(S(=O)O)c1. The molecule has 0 saturated carbocycles. The molecule has 0 aromatic heterocycles. The van der Waals surface area contributed by atoms with Gasteiger partial charge in [0.15, 0.2) is 11.1 Å². The topological polar surface area (TPSA) is 66.4 Å². The average Bonchev–Trinajstić information content (AvgIpc) is 2.41. The van der Waals surface area contributed by atoms with Crippen molar-refractivity contribution in [2.45, 2.75) is 4.90 Å². The molecule has 0 aliphatic heterocycles. The van der Waals surface area contributed by atoms with Crippen molar-refractivity contribution < 1.29 is 17.9 Å². The smallest absolute Gasteiger partial charge is 0.255 e.